The zero-order valence-electron chi connectivity index (χ0n) is 9.94. The highest BCUT2D eigenvalue weighted by molar-refractivity contribution is 5.94. The molecule has 0 radical (unpaired) electrons. The Kier molecular flexibility index (Phi) is 4.31. The lowest BCUT2D eigenvalue weighted by Gasteiger charge is -2.07. The topological polar surface area (TPSA) is 44.8 Å². The van der Waals surface area contributed by atoms with Crippen LogP contribution in [-0.2, 0) is 9.47 Å². The first-order valence-electron chi connectivity index (χ1n) is 5.18. The number of carbonyl (C=O) groups is 1. The van der Waals surface area contributed by atoms with Crippen molar-refractivity contribution in [2.75, 3.05) is 14.2 Å². The maximum absolute atomic E-state index is 11.3. The SMILES string of the molecule is CC.COc1ccc2c(c1)C(=O)OC2OC. The molecular weight excluding hydrogens is 208 g/mol. The lowest BCUT2D eigenvalue weighted by Crippen LogP contribution is -1.99. The van der Waals surface area contributed by atoms with Crippen LogP contribution >= 0.6 is 0 Å². The van der Waals surface area contributed by atoms with Crippen LogP contribution in [0.4, 0.5) is 0 Å². The van der Waals surface area contributed by atoms with Gasteiger partial charge in [0.1, 0.15) is 5.75 Å². The normalized spacial score (nSPS) is 17.0. The summed E-state index contributed by atoms with van der Waals surface area (Å²) in [5.41, 5.74) is 1.26. The van der Waals surface area contributed by atoms with Gasteiger partial charge in [-0.1, -0.05) is 13.8 Å². The molecule has 1 aliphatic heterocycles. The van der Waals surface area contributed by atoms with E-state index < -0.39 is 6.29 Å². The summed E-state index contributed by atoms with van der Waals surface area (Å²) in [6.45, 7) is 4.00. The molecular formula is C12H16O4. The Morgan fingerprint density at radius 2 is 1.94 bits per heavy atom. The molecule has 1 aromatic carbocycles. The fraction of sp³-hybridized carbons (Fsp3) is 0.417. The number of cyclic esters (lactones) is 1. The lowest BCUT2D eigenvalue weighted by atomic mass is 10.1. The summed E-state index contributed by atoms with van der Waals surface area (Å²) < 4.78 is 15.0. The van der Waals surface area contributed by atoms with Gasteiger partial charge in [0.25, 0.3) is 0 Å². The van der Waals surface area contributed by atoms with Crippen molar-refractivity contribution in [2.45, 2.75) is 20.1 Å². The zero-order chi connectivity index (χ0) is 12.1. The standard InChI is InChI=1S/C10H10O4.C2H6/c1-12-6-3-4-7-8(5-6)9(11)14-10(7)13-2;1-2/h3-5,10H,1-2H3;1-2H3. The van der Waals surface area contributed by atoms with Crippen molar-refractivity contribution in [3.05, 3.63) is 29.3 Å². The number of esters is 1. The van der Waals surface area contributed by atoms with E-state index in [0.717, 1.165) is 5.56 Å². The Labute approximate surface area is 95.1 Å². The number of hydrogen-bond acceptors (Lipinski definition) is 4. The highest BCUT2D eigenvalue weighted by Gasteiger charge is 2.31. The molecule has 1 atom stereocenters. The van der Waals surface area contributed by atoms with Gasteiger partial charge < -0.3 is 14.2 Å². The second kappa shape index (κ2) is 5.51. The lowest BCUT2D eigenvalue weighted by molar-refractivity contribution is -0.0815. The van der Waals surface area contributed by atoms with E-state index in [9.17, 15) is 4.79 Å². The second-order valence-electron chi connectivity index (χ2n) is 2.93. The first-order valence-corrected chi connectivity index (χ1v) is 5.18. The minimum Gasteiger partial charge on any atom is -0.497 e. The van der Waals surface area contributed by atoms with Crippen LogP contribution in [0.5, 0.6) is 5.75 Å². The van der Waals surface area contributed by atoms with Gasteiger partial charge in [-0.25, -0.2) is 4.79 Å². The predicted octanol–water partition coefficient (Wildman–Crippen LogP) is 2.54. The van der Waals surface area contributed by atoms with E-state index in [2.05, 4.69) is 0 Å². The summed E-state index contributed by atoms with van der Waals surface area (Å²) in [7, 11) is 3.05. The number of hydrogen-bond donors (Lipinski definition) is 0. The van der Waals surface area contributed by atoms with Crippen molar-refractivity contribution in [1.82, 2.24) is 0 Å². The predicted molar refractivity (Wildman–Crippen MR) is 59.5 cm³/mol. The number of ether oxygens (including phenoxy) is 3. The quantitative estimate of drug-likeness (QED) is 0.724. The molecule has 0 amide bonds. The first-order chi connectivity index (χ1) is 7.76. The number of fused-ring (bicyclic) bond motifs is 1. The number of methoxy groups -OCH3 is 2. The minimum absolute atomic E-state index is 0.370. The van der Waals surface area contributed by atoms with Gasteiger partial charge >= 0.3 is 5.97 Å². The van der Waals surface area contributed by atoms with E-state index in [-0.39, 0.29) is 5.97 Å². The smallest absolute Gasteiger partial charge is 0.341 e. The highest BCUT2D eigenvalue weighted by Crippen LogP contribution is 2.33. The van der Waals surface area contributed by atoms with Gasteiger partial charge in [-0.3, -0.25) is 0 Å². The Bertz CT molecular complexity index is 373. The van der Waals surface area contributed by atoms with Crippen LogP contribution in [0.1, 0.15) is 36.1 Å². The molecule has 1 aliphatic rings. The third-order valence-corrected chi connectivity index (χ3v) is 2.16. The van der Waals surface area contributed by atoms with Crippen LogP contribution < -0.4 is 4.74 Å². The van der Waals surface area contributed by atoms with E-state index >= 15 is 0 Å². The number of rotatable bonds is 2. The zero-order valence-corrected chi connectivity index (χ0v) is 9.94. The minimum atomic E-state index is -0.580. The van der Waals surface area contributed by atoms with Gasteiger partial charge in [0.15, 0.2) is 0 Å². The van der Waals surface area contributed by atoms with Crippen molar-refractivity contribution in [1.29, 1.82) is 0 Å². The molecule has 0 aromatic heterocycles. The summed E-state index contributed by atoms with van der Waals surface area (Å²) in [5.74, 6) is 0.267. The van der Waals surface area contributed by atoms with Crippen molar-refractivity contribution in [3.63, 3.8) is 0 Å². The second-order valence-corrected chi connectivity index (χ2v) is 2.93. The Hall–Kier alpha value is -1.55. The average Bonchev–Trinajstić information content (AvgIpc) is 2.68. The number of benzene rings is 1. The molecule has 0 N–H and O–H groups in total. The monoisotopic (exact) mass is 224 g/mol. The van der Waals surface area contributed by atoms with Gasteiger partial charge in [-0.05, 0) is 18.2 Å². The molecule has 1 unspecified atom stereocenters. The van der Waals surface area contributed by atoms with E-state index in [1.165, 1.54) is 7.11 Å². The van der Waals surface area contributed by atoms with Crippen molar-refractivity contribution in [3.8, 4) is 5.75 Å². The van der Waals surface area contributed by atoms with Gasteiger partial charge in [0.05, 0.1) is 12.7 Å². The molecule has 4 nitrogen and oxygen atoms in total. The highest BCUT2D eigenvalue weighted by atomic mass is 16.7. The van der Waals surface area contributed by atoms with Crippen LogP contribution in [0.25, 0.3) is 0 Å². The summed E-state index contributed by atoms with van der Waals surface area (Å²) in [6, 6.07) is 5.19. The summed E-state index contributed by atoms with van der Waals surface area (Å²) in [4.78, 5) is 11.3. The third kappa shape index (κ3) is 2.17. The largest absolute Gasteiger partial charge is 0.497 e. The van der Waals surface area contributed by atoms with Crippen LogP contribution in [-0.4, -0.2) is 20.2 Å². The maximum atomic E-state index is 11.3. The van der Waals surface area contributed by atoms with Crippen LogP contribution in [0.15, 0.2) is 18.2 Å². The maximum Gasteiger partial charge on any atom is 0.341 e. The van der Waals surface area contributed by atoms with Gasteiger partial charge in [-0.2, -0.15) is 0 Å². The van der Waals surface area contributed by atoms with Crippen molar-refractivity contribution < 1.29 is 19.0 Å². The van der Waals surface area contributed by atoms with Gasteiger partial charge in [-0.15, -0.1) is 0 Å². The first kappa shape index (κ1) is 12.5. The molecule has 2 rings (SSSR count). The van der Waals surface area contributed by atoms with Crippen molar-refractivity contribution in [2.24, 2.45) is 0 Å². The molecule has 1 aromatic rings. The Morgan fingerprint density at radius 1 is 1.25 bits per heavy atom. The molecule has 0 saturated carbocycles. The number of carbonyl (C=O) groups excluding carboxylic acids is 1. The van der Waals surface area contributed by atoms with E-state index in [0.29, 0.717) is 11.3 Å². The Morgan fingerprint density at radius 3 is 2.50 bits per heavy atom. The molecule has 0 fully saturated rings. The van der Waals surface area contributed by atoms with Gasteiger partial charge in [0, 0.05) is 12.7 Å². The molecule has 0 aliphatic carbocycles. The van der Waals surface area contributed by atoms with Crippen LogP contribution in [0.3, 0.4) is 0 Å². The average molecular weight is 224 g/mol. The van der Waals surface area contributed by atoms with Crippen LogP contribution in [0.2, 0.25) is 0 Å². The molecule has 0 bridgehead atoms. The van der Waals surface area contributed by atoms with Crippen LogP contribution in [0, 0.1) is 0 Å². The molecule has 16 heavy (non-hydrogen) atoms. The molecule has 88 valence electrons. The summed E-state index contributed by atoms with van der Waals surface area (Å²) in [5, 5.41) is 0. The molecule has 0 spiro atoms. The van der Waals surface area contributed by atoms with E-state index in [1.807, 2.05) is 13.8 Å². The van der Waals surface area contributed by atoms with Gasteiger partial charge in [0.2, 0.25) is 6.29 Å². The molecule has 0 saturated heterocycles. The van der Waals surface area contributed by atoms with Crippen molar-refractivity contribution >= 4 is 5.97 Å². The van der Waals surface area contributed by atoms with E-state index in [4.69, 9.17) is 14.2 Å². The fourth-order valence-corrected chi connectivity index (χ4v) is 1.44. The van der Waals surface area contributed by atoms with E-state index in [1.54, 1.807) is 25.3 Å². The fourth-order valence-electron chi connectivity index (χ4n) is 1.44. The molecule has 1 heterocycles. The third-order valence-electron chi connectivity index (χ3n) is 2.16. The summed E-state index contributed by atoms with van der Waals surface area (Å²) in [6.07, 6.45) is -0.580. The molecule has 4 heteroatoms. The Balaban J connectivity index is 0.000000606. The summed E-state index contributed by atoms with van der Waals surface area (Å²) >= 11 is 0.